The van der Waals surface area contributed by atoms with Crippen LogP contribution in [0.15, 0.2) is 51.6 Å². The summed E-state index contributed by atoms with van der Waals surface area (Å²) < 4.78 is 19.2. The van der Waals surface area contributed by atoms with Gasteiger partial charge in [-0.2, -0.15) is 4.98 Å². The molecule has 4 aromatic rings. The summed E-state index contributed by atoms with van der Waals surface area (Å²) in [4.78, 5) is 12.8. The summed E-state index contributed by atoms with van der Waals surface area (Å²) in [6.45, 7) is 0. The molecule has 0 amide bonds. The zero-order valence-corrected chi connectivity index (χ0v) is 13.3. The maximum atomic E-state index is 12.9. The Balaban J connectivity index is 1.52. The Morgan fingerprint density at radius 2 is 2.00 bits per heavy atom. The van der Waals surface area contributed by atoms with E-state index in [-0.39, 0.29) is 5.82 Å². The lowest BCUT2D eigenvalue weighted by atomic mass is 10.2. The van der Waals surface area contributed by atoms with Crippen molar-refractivity contribution in [1.29, 1.82) is 0 Å². The average molecular weight is 344 g/mol. The molecule has 0 saturated carbocycles. The Kier molecular flexibility index (Phi) is 3.76. The summed E-state index contributed by atoms with van der Waals surface area (Å²) >= 11 is 3.14. The Bertz CT molecular complexity index is 951. The molecule has 4 rings (SSSR count). The number of benzene rings is 1. The minimum atomic E-state index is -0.298. The average Bonchev–Trinajstić information content (AvgIpc) is 3.23. The lowest BCUT2D eigenvalue weighted by molar-refractivity contribution is 0.425. The van der Waals surface area contributed by atoms with Gasteiger partial charge in [-0.25, -0.2) is 14.4 Å². The van der Waals surface area contributed by atoms with Crippen molar-refractivity contribution in [3.8, 4) is 11.5 Å². The van der Waals surface area contributed by atoms with Crippen LogP contribution in [0.4, 0.5) is 4.39 Å². The first-order chi connectivity index (χ1) is 11.3. The van der Waals surface area contributed by atoms with Crippen LogP contribution >= 0.6 is 23.1 Å². The minimum absolute atomic E-state index is 0.298. The highest BCUT2D eigenvalue weighted by Gasteiger charge is 2.11. The number of hydrogen-bond acceptors (Lipinski definition) is 7. The molecule has 0 N–H and O–H groups in total. The third kappa shape index (κ3) is 2.95. The zero-order valence-electron chi connectivity index (χ0n) is 11.6. The van der Waals surface area contributed by atoms with Crippen molar-refractivity contribution in [3.05, 3.63) is 53.7 Å². The van der Waals surface area contributed by atoms with Crippen LogP contribution in [0.2, 0.25) is 0 Å². The quantitative estimate of drug-likeness (QED) is 0.409. The van der Waals surface area contributed by atoms with Gasteiger partial charge in [0.05, 0.1) is 16.0 Å². The lowest BCUT2D eigenvalue weighted by Crippen LogP contribution is -1.87. The van der Waals surface area contributed by atoms with Gasteiger partial charge in [-0.1, -0.05) is 16.9 Å². The molecule has 0 radical (unpaired) electrons. The summed E-state index contributed by atoms with van der Waals surface area (Å²) in [7, 11) is 0. The maximum absolute atomic E-state index is 12.9. The Labute approximate surface area is 138 Å². The largest absolute Gasteiger partial charge is 0.334 e. The molecular formula is C15H9FN4OS2. The fourth-order valence-electron chi connectivity index (χ4n) is 2.02. The second-order valence-corrected chi connectivity index (χ2v) is 6.51. The molecule has 0 atom stereocenters. The summed E-state index contributed by atoms with van der Waals surface area (Å²) in [6.07, 6.45) is 1.55. The number of rotatable bonds is 4. The number of thioether (sulfide) groups is 1. The molecule has 1 aromatic carbocycles. The number of hydrogen-bond donors (Lipinski definition) is 0. The van der Waals surface area contributed by atoms with E-state index in [2.05, 4.69) is 20.1 Å². The van der Waals surface area contributed by atoms with Crippen LogP contribution in [0.1, 0.15) is 5.82 Å². The van der Waals surface area contributed by atoms with E-state index in [0.717, 1.165) is 15.2 Å². The van der Waals surface area contributed by atoms with Gasteiger partial charge in [0.25, 0.3) is 5.89 Å². The number of nitrogens with zero attached hydrogens (tertiary/aromatic N) is 4. The third-order valence-corrected chi connectivity index (χ3v) is 5.13. The van der Waals surface area contributed by atoms with Gasteiger partial charge in [0.2, 0.25) is 0 Å². The lowest BCUT2D eigenvalue weighted by Gasteiger charge is -1.98. The van der Waals surface area contributed by atoms with Crippen molar-refractivity contribution in [3.63, 3.8) is 0 Å². The van der Waals surface area contributed by atoms with Crippen molar-refractivity contribution in [2.75, 3.05) is 0 Å². The molecule has 0 saturated heterocycles. The van der Waals surface area contributed by atoms with Gasteiger partial charge in [0.15, 0.2) is 5.82 Å². The summed E-state index contributed by atoms with van der Waals surface area (Å²) in [5.41, 5.74) is 1.63. The first kappa shape index (κ1) is 14.3. The van der Waals surface area contributed by atoms with Gasteiger partial charge >= 0.3 is 0 Å². The highest BCUT2D eigenvalue weighted by molar-refractivity contribution is 7.98. The molecule has 8 heteroatoms. The number of fused-ring (bicyclic) bond motifs is 1. The normalized spacial score (nSPS) is 11.2. The molecule has 5 nitrogen and oxygen atoms in total. The van der Waals surface area contributed by atoms with Gasteiger partial charge in [-0.3, -0.25) is 0 Å². The molecule has 0 aliphatic heterocycles. The Morgan fingerprint density at radius 3 is 2.87 bits per heavy atom. The zero-order chi connectivity index (χ0) is 15.6. The van der Waals surface area contributed by atoms with E-state index < -0.39 is 0 Å². The van der Waals surface area contributed by atoms with E-state index >= 15 is 0 Å². The Morgan fingerprint density at radius 1 is 1.13 bits per heavy atom. The predicted molar refractivity (Wildman–Crippen MR) is 86.7 cm³/mol. The summed E-state index contributed by atoms with van der Waals surface area (Å²) in [5, 5.41) is 6.85. The van der Waals surface area contributed by atoms with Crippen LogP contribution < -0.4 is 0 Å². The van der Waals surface area contributed by atoms with E-state index in [1.54, 1.807) is 29.8 Å². The topological polar surface area (TPSA) is 64.7 Å². The SMILES string of the molecule is Fc1ccc(-c2nc(CSc3ncnc4ccsc34)no2)cc1. The van der Waals surface area contributed by atoms with Crippen molar-refractivity contribution in [2.24, 2.45) is 0 Å². The van der Waals surface area contributed by atoms with Gasteiger partial charge in [-0.15, -0.1) is 11.3 Å². The molecule has 0 aliphatic carbocycles. The number of thiophene rings is 1. The molecule has 0 fully saturated rings. The molecule has 0 bridgehead atoms. The van der Waals surface area contributed by atoms with Gasteiger partial charge in [0.1, 0.15) is 17.2 Å². The first-order valence-corrected chi connectivity index (χ1v) is 8.55. The standard InChI is InChI=1S/C15H9FN4OS2/c16-10-3-1-9(2-4-10)14-19-12(20-21-14)7-23-15-13-11(5-6-22-13)17-8-18-15/h1-6,8H,7H2. The van der Waals surface area contributed by atoms with Crippen LogP contribution in [-0.2, 0) is 5.75 Å². The van der Waals surface area contributed by atoms with Crippen LogP contribution in [0.3, 0.4) is 0 Å². The molecule has 114 valence electrons. The molecular weight excluding hydrogens is 335 g/mol. The van der Waals surface area contributed by atoms with E-state index in [9.17, 15) is 4.39 Å². The fourth-order valence-corrected chi connectivity index (χ4v) is 3.81. The molecule has 3 heterocycles. The molecule has 23 heavy (non-hydrogen) atoms. The molecule has 0 spiro atoms. The monoisotopic (exact) mass is 344 g/mol. The van der Waals surface area contributed by atoms with Crippen LogP contribution in [0.25, 0.3) is 21.7 Å². The van der Waals surface area contributed by atoms with E-state index in [1.165, 1.54) is 23.9 Å². The molecule has 3 aromatic heterocycles. The molecule has 0 unspecified atom stereocenters. The van der Waals surface area contributed by atoms with Crippen molar-refractivity contribution in [2.45, 2.75) is 10.8 Å². The van der Waals surface area contributed by atoms with Crippen molar-refractivity contribution >= 4 is 33.3 Å². The third-order valence-electron chi connectivity index (χ3n) is 3.11. The van der Waals surface area contributed by atoms with Crippen LogP contribution in [-0.4, -0.2) is 20.1 Å². The second kappa shape index (κ2) is 6.05. The number of halogens is 1. The van der Waals surface area contributed by atoms with Crippen LogP contribution in [0, 0.1) is 5.82 Å². The van der Waals surface area contributed by atoms with E-state index in [0.29, 0.717) is 23.0 Å². The highest BCUT2D eigenvalue weighted by atomic mass is 32.2. The van der Waals surface area contributed by atoms with Gasteiger partial charge < -0.3 is 4.52 Å². The summed E-state index contributed by atoms with van der Waals surface area (Å²) in [5.74, 6) is 1.18. The Hall–Kier alpha value is -2.32. The van der Waals surface area contributed by atoms with Gasteiger partial charge in [-0.05, 0) is 35.7 Å². The van der Waals surface area contributed by atoms with E-state index in [1.807, 2.05) is 11.4 Å². The minimum Gasteiger partial charge on any atom is -0.334 e. The fraction of sp³-hybridized carbons (Fsp3) is 0.0667. The molecule has 0 aliphatic rings. The van der Waals surface area contributed by atoms with Crippen molar-refractivity contribution < 1.29 is 8.91 Å². The maximum Gasteiger partial charge on any atom is 0.257 e. The second-order valence-electron chi connectivity index (χ2n) is 4.63. The highest BCUT2D eigenvalue weighted by Crippen LogP contribution is 2.30. The predicted octanol–water partition coefficient (Wildman–Crippen LogP) is 4.17. The van der Waals surface area contributed by atoms with E-state index in [4.69, 9.17) is 4.52 Å². The van der Waals surface area contributed by atoms with Gasteiger partial charge in [0, 0.05) is 5.56 Å². The number of aromatic nitrogens is 4. The van der Waals surface area contributed by atoms with Crippen molar-refractivity contribution in [1.82, 2.24) is 20.1 Å². The van der Waals surface area contributed by atoms with Crippen LogP contribution in [0.5, 0.6) is 0 Å². The summed E-state index contributed by atoms with van der Waals surface area (Å²) in [6, 6.07) is 7.91. The smallest absolute Gasteiger partial charge is 0.257 e. The first-order valence-electron chi connectivity index (χ1n) is 6.69.